The molecule has 2 aliphatic rings. The Morgan fingerprint density at radius 2 is 2.18 bits per heavy atom. The van der Waals surface area contributed by atoms with Gasteiger partial charge in [-0.2, -0.15) is 0 Å². The van der Waals surface area contributed by atoms with Gasteiger partial charge < -0.3 is 0 Å². The van der Waals surface area contributed by atoms with E-state index >= 15 is 0 Å². The van der Waals surface area contributed by atoms with E-state index in [1.54, 1.807) is 0 Å². The molecule has 0 aromatic heterocycles. The Morgan fingerprint density at radius 3 is 2.55 bits per heavy atom. The quantitative estimate of drug-likeness (QED) is 0.325. The fraction of sp³-hybridized carbons (Fsp3) is 0.500. The lowest BCUT2D eigenvalue weighted by Crippen LogP contribution is -2.06. The lowest BCUT2D eigenvalue weighted by Gasteiger charge is -2.03. The highest BCUT2D eigenvalue weighted by Gasteiger charge is 2.40. The molecule has 0 aromatic carbocycles. The average molecular weight is 151 g/mol. The van der Waals surface area contributed by atoms with Gasteiger partial charge in [-0.3, -0.25) is 10.1 Å². The van der Waals surface area contributed by atoms with Crippen molar-refractivity contribution in [2.75, 3.05) is 0 Å². The number of rotatable bonds is 1. The highest BCUT2D eigenvalue weighted by molar-refractivity contribution is 5.32. The van der Waals surface area contributed by atoms with Gasteiger partial charge in [-0.1, -0.05) is 12.2 Å². The van der Waals surface area contributed by atoms with Gasteiger partial charge in [0.05, 0.1) is 10.8 Å². The van der Waals surface area contributed by atoms with Crippen LogP contribution < -0.4 is 0 Å². The van der Waals surface area contributed by atoms with E-state index in [1.807, 2.05) is 13.0 Å². The summed E-state index contributed by atoms with van der Waals surface area (Å²) < 4.78 is 0. The summed E-state index contributed by atoms with van der Waals surface area (Å²) in [5.74, 6) is 0.468. The van der Waals surface area contributed by atoms with E-state index in [4.69, 9.17) is 0 Å². The second kappa shape index (κ2) is 1.94. The monoisotopic (exact) mass is 151 g/mol. The molecule has 2 rings (SSSR count). The minimum atomic E-state index is -0.233. The van der Waals surface area contributed by atoms with E-state index in [-0.39, 0.29) is 10.8 Å². The van der Waals surface area contributed by atoms with Crippen LogP contribution in [0.5, 0.6) is 0 Å². The Labute approximate surface area is 64.6 Å². The normalized spacial score (nSPS) is 33.5. The summed E-state index contributed by atoms with van der Waals surface area (Å²) in [4.78, 5) is 10.3. The van der Waals surface area contributed by atoms with Crippen LogP contribution in [-0.4, -0.2) is 4.92 Å². The van der Waals surface area contributed by atoms with Crippen molar-refractivity contribution in [1.29, 1.82) is 0 Å². The predicted molar refractivity (Wildman–Crippen MR) is 40.4 cm³/mol. The summed E-state index contributed by atoms with van der Waals surface area (Å²) in [5, 5.41) is 10.5. The summed E-state index contributed by atoms with van der Waals surface area (Å²) in [6.45, 7) is 1.87. The molecule has 0 amide bonds. The Kier molecular flexibility index (Phi) is 1.16. The SMILES string of the molecule is CC1=C([N+](=O)[O-])[C@@H]2C=C[C@H]1C2. The van der Waals surface area contributed by atoms with Crippen molar-refractivity contribution >= 4 is 0 Å². The van der Waals surface area contributed by atoms with Crippen LogP contribution in [0, 0.1) is 22.0 Å². The summed E-state index contributed by atoms with van der Waals surface area (Å²) in [6.07, 6.45) is 4.96. The molecule has 0 aliphatic heterocycles. The molecule has 58 valence electrons. The summed E-state index contributed by atoms with van der Waals surface area (Å²) >= 11 is 0. The molecule has 0 aromatic rings. The molecule has 0 saturated carbocycles. The lowest BCUT2D eigenvalue weighted by atomic mass is 10.0. The minimum Gasteiger partial charge on any atom is -0.259 e. The van der Waals surface area contributed by atoms with Gasteiger partial charge in [-0.05, 0) is 13.3 Å². The Bertz CT molecular complexity index is 278. The smallest absolute Gasteiger partial charge is 0.252 e. The van der Waals surface area contributed by atoms with Crippen LogP contribution in [0.4, 0.5) is 0 Å². The van der Waals surface area contributed by atoms with Crippen LogP contribution in [-0.2, 0) is 0 Å². The maximum Gasteiger partial charge on any atom is 0.252 e. The predicted octanol–water partition coefficient (Wildman–Crippen LogP) is 1.74. The van der Waals surface area contributed by atoms with E-state index in [1.165, 1.54) is 0 Å². The van der Waals surface area contributed by atoms with Crippen LogP contribution in [0.2, 0.25) is 0 Å². The Balaban J connectivity index is 2.40. The van der Waals surface area contributed by atoms with Gasteiger partial charge in [0.15, 0.2) is 0 Å². The third-order valence-electron chi connectivity index (χ3n) is 2.59. The van der Waals surface area contributed by atoms with E-state index in [0.29, 0.717) is 11.6 Å². The van der Waals surface area contributed by atoms with Crippen LogP contribution in [0.1, 0.15) is 13.3 Å². The Hall–Kier alpha value is -1.12. The van der Waals surface area contributed by atoms with Crippen molar-refractivity contribution in [2.45, 2.75) is 13.3 Å². The van der Waals surface area contributed by atoms with Gasteiger partial charge in [-0.25, -0.2) is 0 Å². The molecule has 3 nitrogen and oxygen atoms in total. The van der Waals surface area contributed by atoms with Crippen LogP contribution >= 0.6 is 0 Å². The molecule has 11 heavy (non-hydrogen) atoms. The fourth-order valence-corrected chi connectivity index (χ4v) is 1.98. The standard InChI is InChI=1S/C8H9NO2/c1-5-6-2-3-7(4-6)8(5)9(10)11/h2-3,6-7H,4H2,1H3/t6-,7+/m0/s1. The lowest BCUT2D eigenvalue weighted by molar-refractivity contribution is -0.431. The first-order valence-corrected chi connectivity index (χ1v) is 3.73. The number of nitrogens with zero attached hydrogens (tertiary/aromatic N) is 1. The first-order chi connectivity index (χ1) is 5.20. The first kappa shape index (κ1) is 6.58. The molecule has 0 heterocycles. The molecule has 0 saturated heterocycles. The number of allylic oxidation sites excluding steroid dienone is 3. The molecule has 0 fully saturated rings. The van der Waals surface area contributed by atoms with E-state index in [2.05, 4.69) is 6.08 Å². The maximum absolute atomic E-state index is 10.5. The van der Waals surface area contributed by atoms with Crippen molar-refractivity contribution in [3.63, 3.8) is 0 Å². The van der Waals surface area contributed by atoms with Gasteiger partial charge in [0.25, 0.3) is 5.70 Å². The van der Waals surface area contributed by atoms with Gasteiger partial charge >= 0.3 is 0 Å². The fourth-order valence-electron chi connectivity index (χ4n) is 1.98. The largest absolute Gasteiger partial charge is 0.259 e. The maximum atomic E-state index is 10.5. The average Bonchev–Trinajstić information content (AvgIpc) is 2.44. The van der Waals surface area contributed by atoms with Gasteiger partial charge in [-0.15, -0.1) is 0 Å². The second-order valence-electron chi connectivity index (χ2n) is 3.16. The van der Waals surface area contributed by atoms with Crippen LogP contribution in [0.25, 0.3) is 0 Å². The number of hydrogen-bond acceptors (Lipinski definition) is 2. The minimum absolute atomic E-state index is 0.106. The third-order valence-corrected chi connectivity index (χ3v) is 2.59. The number of nitro groups is 1. The molecule has 3 heteroatoms. The van der Waals surface area contributed by atoms with Gasteiger partial charge in [0, 0.05) is 11.5 Å². The van der Waals surface area contributed by atoms with Crippen molar-refractivity contribution in [2.24, 2.45) is 11.8 Å². The molecule has 2 bridgehead atoms. The van der Waals surface area contributed by atoms with Gasteiger partial charge in [0.2, 0.25) is 0 Å². The highest BCUT2D eigenvalue weighted by Crippen LogP contribution is 2.43. The van der Waals surface area contributed by atoms with Crippen molar-refractivity contribution in [3.05, 3.63) is 33.5 Å². The van der Waals surface area contributed by atoms with Crippen molar-refractivity contribution in [1.82, 2.24) is 0 Å². The van der Waals surface area contributed by atoms with Crippen molar-refractivity contribution in [3.8, 4) is 0 Å². The van der Waals surface area contributed by atoms with E-state index in [9.17, 15) is 10.1 Å². The summed E-state index contributed by atoms with van der Waals surface area (Å²) in [6, 6.07) is 0. The Morgan fingerprint density at radius 1 is 1.55 bits per heavy atom. The zero-order valence-electron chi connectivity index (χ0n) is 6.28. The molecule has 0 spiro atoms. The number of hydrogen-bond donors (Lipinski definition) is 0. The van der Waals surface area contributed by atoms with E-state index < -0.39 is 0 Å². The van der Waals surface area contributed by atoms with Crippen LogP contribution in [0.3, 0.4) is 0 Å². The first-order valence-electron chi connectivity index (χ1n) is 3.73. The second-order valence-corrected chi connectivity index (χ2v) is 3.16. The molecule has 0 N–H and O–H groups in total. The third kappa shape index (κ3) is 0.737. The summed E-state index contributed by atoms with van der Waals surface area (Å²) in [7, 11) is 0. The zero-order valence-corrected chi connectivity index (χ0v) is 6.28. The molecule has 2 atom stereocenters. The molecular formula is C8H9NO2. The number of fused-ring (bicyclic) bond motifs is 2. The zero-order chi connectivity index (χ0) is 8.01. The summed E-state index contributed by atoms with van der Waals surface area (Å²) in [5.41, 5.74) is 1.40. The molecular weight excluding hydrogens is 142 g/mol. The molecule has 2 aliphatic carbocycles. The molecule has 0 radical (unpaired) electrons. The highest BCUT2D eigenvalue weighted by atomic mass is 16.6. The van der Waals surface area contributed by atoms with Crippen LogP contribution in [0.15, 0.2) is 23.4 Å². The van der Waals surface area contributed by atoms with Gasteiger partial charge in [0.1, 0.15) is 0 Å². The van der Waals surface area contributed by atoms with E-state index in [0.717, 1.165) is 12.0 Å². The topological polar surface area (TPSA) is 43.1 Å². The van der Waals surface area contributed by atoms with Crippen molar-refractivity contribution < 1.29 is 4.92 Å². The molecule has 0 unspecified atom stereocenters.